The van der Waals surface area contributed by atoms with E-state index in [1.165, 1.54) is 0 Å². The van der Waals surface area contributed by atoms with Gasteiger partial charge >= 0.3 is 0 Å². The molecule has 198 valence electrons. The van der Waals surface area contributed by atoms with Crippen LogP contribution in [0.3, 0.4) is 0 Å². The fraction of sp³-hybridized carbons (Fsp3) is 0.370. The number of aliphatic hydroxyl groups excluding tert-OH is 1. The van der Waals surface area contributed by atoms with Gasteiger partial charge in [-0.1, -0.05) is 11.6 Å². The van der Waals surface area contributed by atoms with Crippen molar-refractivity contribution in [2.75, 3.05) is 74.2 Å². The van der Waals surface area contributed by atoms with Crippen molar-refractivity contribution in [3.8, 4) is 17.0 Å². The highest BCUT2D eigenvalue weighted by atomic mass is 35.5. The number of hydrogen-bond donors (Lipinski definition) is 2. The monoisotopic (exact) mass is 534 g/mol. The summed E-state index contributed by atoms with van der Waals surface area (Å²) in [5.41, 5.74) is 4.24. The third-order valence-corrected chi connectivity index (χ3v) is 7.61. The fourth-order valence-corrected chi connectivity index (χ4v) is 5.43. The zero-order valence-corrected chi connectivity index (χ0v) is 22.1. The Bertz CT molecular complexity index is 1430. The van der Waals surface area contributed by atoms with E-state index in [0.29, 0.717) is 10.8 Å². The Morgan fingerprint density at radius 1 is 0.947 bits per heavy atom. The molecule has 0 unspecified atom stereocenters. The van der Waals surface area contributed by atoms with Crippen molar-refractivity contribution in [2.45, 2.75) is 6.61 Å². The molecule has 2 aliphatic heterocycles. The summed E-state index contributed by atoms with van der Waals surface area (Å²) in [6, 6.07) is 9.90. The van der Waals surface area contributed by atoms with E-state index < -0.39 is 0 Å². The number of fused-ring (bicyclic) bond motifs is 1. The average molecular weight is 535 g/mol. The summed E-state index contributed by atoms with van der Waals surface area (Å²) in [5.74, 6) is 2.52. The Morgan fingerprint density at radius 3 is 2.37 bits per heavy atom. The van der Waals surface area contributed by atoms with Gasteiger partial charge in [-0.05, 0) is 23.8 Å². The Kier molecular flexibility index (Phi) is 6.92. The predicted octanol–water partition coefficient (Wildman–Crippen LogP) is 2.68. The number of ether oxygens (including phenoxy) is 1. The minimum atomic E-state index is -0.130. The third kappa shape index (κ3) is 4.82. The third-order valence-electron chi connectivity index (χ3n) is 7.32. The number of benzene rings is 1. The van der Waals surface area contributed by atoms with E-state index in [-0.39, 0.29) is 6.61 Å². The Balaban J connectivity index is 1.17. The van der Waals surface area contributed by atoms with Gasteiger partial charge in [-0.15, -0.1) is 0 Å². The number of anilines is 3. The molecule has 38 heavy (non-hydrogen) atoms. The first-order valence-electron chi connectivity index (χ1n) is 12.9. The highest BCUT2D eigenvalue weighted by Crippen LogP contribution is 2.34. The maximum absolute atomic E-state index is 9.91. The van der Waals surface area contributed by atoms with Crippen LogP contribution in [0.2, 0.25) is 5.02 Å². The highest BCUT2D eigenvalue weighted by molar-refractivity contribution is 6.32. The van der Waals surface area contributed by atoms with Crippen LogP contribution in [-0.2, 0) is 6.61 Å². The van der Waals surface area contributed by atoms with Gasteiger partial charge in [0.15, 0.2) is 0 Å². The van der Waals surface area contributed by atoms with Gasteiger partial charge in [-0.3, -0.25) is 0 Å². The quantitative estimate of drug-likeness (QED) is 0.387. The highest BCUT2D eigenvalue weighted by Gasteiger charge is 2.21. The van der Waals surface area contributed by atoms with Gasteiger partial charge in [0, 0.05) is 88.1 Å². The number of pyridine rings is 1. The second-order valence-electron chi connectivity index (χ2n) is 9.52. The summed E-state index contributed by atoms with van der Waals surface area (Å²) in [7, 11) is 1.56. The Hall–Kier alpha value is -3.60. The van der Waals surface area contributed by atoms with Crippen LogP contribution in [-0.4, -0.2) is 83.9 Å². The van der Waals surface area contributed by atoms with Crippen molar-refractivity contribution in [1.82, 2.24) is 24.7 Å². The van der Waals surface area contributed by atoms with Crippen LogP contribution in [0.15, 0.2) is 49.1 Å². The van der Waals surface area contributed by atoms with Gasteiger partial charge in [0.25, 0.3) is 0 Å². The van der Waals surface area contributed by atoms with Crippen LogP contribution in [0.5, 0.6) is 5.75 Å². The molecule has 0 atom stereocenters. The molecule has 0 aliphatic carbocycles. The van der Waals surface area contributed by atoms with Crippen LogP contribution >= 0.6 is 11.6 Å². The van der Waals surface area contributed by atoms with Gasteiger partial charge in [0.2, 0.25) is 0 Å². The van der Waals surface area contributed by atoms with E-state index in [1.54, 1.807) is 25.6 Å². The molecule has 6 rings (SSSR count). The molecule has 5 heterocycles. The smallest absolute Gasteiger partial charge is 0.139 e. The van der Waals surface area contributed by atoms with E-state index >= 15 is 0 Å². The maximum Gasteiger partial charge on any atom is 0.139 e. The number of aliphatic hydroxyl groups is 1. The topological polar surface area (TPSA) is 94.3 Å². The molecular formula is C27H31ClN8O2. The van der Waals surface area contributed by atoms with Crippen LogP contribution in [0.4, 0.5) is 17.3 Å². The molecule has 3 aromatic heterocycles. The largest absolute Gasteiger partial charge is 0.495 e. The van der Waals surface area contributed by atoms with Gasteiger partial charge in [-0.2, -0.15) is 0 Å². The molecule has 0 saturated carbocycles. The number of nitrogens with one attached hydrogen (secondary N) is 1. The summed E-state index contributed by atoms with van der Waals surface area (Å²) in [4.78, 5) is 21.0. The number of imidazole rings is 1. The molecule has 2 fully saturated rings. The number of hydrogen-bond acceptors (Lipinski definition) is 9. The van der Waals surface area contributed by atoms with Gasteiger partial charge in [0.1, 0.15) is 29.4 Å². The number of aromatic nitrogens is 4. The molecule has 0 spiro atoms. The molecule has 4 aromatic rings. The van der Waals surface area contributed by atoms with E-state index in [9.17, 15) is 5.11 Å². The Labute approximate surface area is 226 Å². The number of halogens is 1. The molecule has 2 N–H and O–H groups in total. The van der Waals surface area contributed by atoms with E-state index in [1.807, 2.05) is 16.8 Å². The van der Waals surface area contributed by atoms with Crippen molar-refractivity contribution in [3.63, 3.8) is 0 Å². The zero-order chi connectivity index (χ0) is 26.1. The van der Waals surface area contributed by atoms with Gasteiger partial charge in [-0.25, -0.2) is 15.0 Å². The second-order valence-corrected chi connectivity index (χ2v) is 9.93. The van der Waals surface area contributed by atoms with Crippen molar-refractivity contribution in [3.05, 3.63) is 59.6 Å². The molecule has 2 aliphatic rings. The van der Waals surface area contributed by atoms with Gasteiger partial charge < -0.3 is 34.3 Å². The lowest BCUT2D eigenvalue weighted by molar-refractivity contribution is 0.281. The average Bonchev–Trinajstić information content (AvgIpc) is 3.41. The second kappa shape index (κ2) is 10.6. The SMILES string of the molecule is COc1cc(CO)c(-c2cn3ccc(N4CCN(c5cc(N6CCNCC6)ncn5)CC4)cc3n2)cc1Cl. The van der Waals surface area contributed by atoms with Crippen LogP contribution in [0, 0.1) is 0 Å². The summed E-state index contributed by atoms with van der Waals surface area (Å²) in [6.07, 6.45) is 5.67. The molecule has 0 amide bonds. The maximum atomic E-state index is 9.91. The van der Waals surface area contributed by atoms with Crippen molar-refractivity contribution in [2.24, 2.45) is 0 Å². The first kappa shape index (κ1) is 24.7. The van der Waals surface area contributed by atoms with Crippen molar-refractivity contribution in [1.29, 1.82) is 0 Å². The summed E-state index contributed by atoms with van der Waals surface area (Å²) in [6.45, 7) is 7.31. The Morgan fingerprint density at radius 2 is 1.66 bits per heavy atom. The van der Waals surface area contributed by atoms with Crippen LogP contribution in [0.25, 0.3) is 16.9 Å². The number of piperazine rings is 2. The molecule has 11 heteroatoms. The zero-order valence-electron chi connectivity index (χ0n) is 21.3. The lowest BCUT2D eigenvalue weighted by Gasteiger charge is -2.37. The lowest BCUT2D eigenvalue weighted by Crippen LogP contribution is -2.47. The van der Waals surface area contributed by atoms with Gasteiger partial charge in [0.05, 0.1) is 24.4 Å². The number of methoxy groups -OCH3 is 1. The first-order chi connectivity index (χ1) is 18.6. The standard InChI is InChI=1S/C27H31ClN8O2/c1-38-24-12-19(17-37)21(14-22(24)28)23-16-36-5-2-20(13-27(36)32-23)33-8-10-35(11-9-33)26-15-25(30-18-31-26)34-6-3-29-4-7-34/h2,5,12-16,18,29,37H,3-4,6-11,17H2,1H3. The summed E-state index contributed by atoms with van der Waals surface area (Å²) < 4.78 is 7.29. The van der Waals surface area contributed by atoms with Crippen LogP contribution in [0.1, 0.15) is 5.56 Å². The molecular weight excluding hydrogens is 504 g/mol. The molecule has 2 saturated heterocycles. The van der Waals surface area contributed by atoms with E-state index in [0.717, 1.165) is 92.1 Å². The van der Waals surface area contributed by atoms with E-state index in [2.05, 4.69) is 48.2 Å². The fourth-order valence-electron chi connectivity index (χ4n) is 5.19. The molecule has 0 radical (unpaired) electrons. The number of nitrogens with zero attached hydrogens (tertiary/aromatic N) is 7. The first-order valence-corrected chi connectivity index (χ1v) is 13.2. The molecule has 0 bridgehead atoms. The van der Waals surface area contributed by atoms with Crippen LogP contribution < -0.4 is 24.8 Å². The van der Waals surface area contributed by atoms with Crippen molar-refractivity contribution >= 4 is 34.6 Å². The summed E-state index contributed by atoms with van der Waals surface area (Å²) >= 11 is 6.37. The minimum absolute atomic E-state index is 0.130. The summed E-state index contributed by atoms with van der Waals surface area (Å²) in [5, 5.41) is 13.8. The van der Waals surface area contributed by atoms with Crippen molar-refractivity contribution < 1.29 is 9.84 Å². The molecule has 1 aromatic carbocycles. The molecule has 10 nitrogen and oxygen atoms in total. The lowest BCUT2D eigenvalue weighted by atomic mass is 10.1. The predicted molar refractivity (Wildman–Crippen MR) is 150 cm³/mol. The van der Waals surface area contributed by atoms with E-state index in [4.69, 9.17) is 21.3 Å². The minimum Gasteiger partial charge on any atom is -0.495 e. The normalized spacial score (nSPS) is 16.3. The number of rotatable bonds is 6.